The number of ether oxygens (including phenoxy) is 1. The van der Waals surface area contributed by atoms with Crippen molar-refractivity contribution in [2.45, 2.75) is 12.5 Å². The molecule has 3 rings (SSSR count). The van der Waals surface area contributed by atoms with Gasteiger partial charge in [-0.15, -0.1) is 13.2 Å². The van der Waals surface area contributed by atoms with E-state index in [2.05, 4.69) is 30.5 Å². The van der Waals surface area contributed by atoms with E-state index in [4.69, 9.17) is 11.6 Å². The molecule has 2 N–H and O–H groups in total. The first-order valence-electron chi connectivity index (χ1n) is 8.72. The number of aromatic nitrogens is 2. The van der Waals surface area contributed by atoms with Crippen molar-refractivity contribution < 1.29 is 35.5 Å². The Balaban J connectivity index is 1.70. The first-order chi connectivity index (χ1) is 15.4. The average Bonchev–Trinajstić information content (AvgIpc) is 2.68. The maximum absolute atomic E-state index is 13.4. The minimum absolute atomic E-state index is 0.0129. The molecule has 1 heterocycles. The van der Waals surface area contributed by atoms with Crippen molar-refractivity contribution in [3.05, 3.63) is 70.6 Å². The molecule has 174 valence electrons. The number of halogens is 8. The lowest BCUT2D eigenvalue weighted by Crippen LogP contribution is -2.17. The summed E-state index contributed by atoms with van der Waals surface area (Å²) in [5, 5.41) is 6.29. The van der Waals surface area contributed by atoms with E-state index in [9.17, 15) is 30.7 Å². The van der Waals surface area contributed by atoms with Crippen LogP contribution < -0.4 is 15.5 Å². The Bertz CT molecular complexity index is 1150. The van der Waals surface area contributed by atoms with Crippen LogP contribution in [0.15, 0.2) is 53.6 Å². The van der Waals surface area contributed by atoms with E-state index in [1.807, 2.05) is 0 Å². The van der Waals surface area contributed by atoms with E-state index in [1.165, 1.54) is 24.4 Å². The quantitative estimate of drug-likeness (QED) is 0.180. The molecule has 0 atom stereocenters. The van der Waals surface area contributed by atoms with E-state index in [0.717, 1.165) is 18.2 Å². The molecule has 0 aliphatic rings. The Kier molecular flexibility index (Phi) is 6.91. The summed E-state index contributed by atoms with van der Waals surface area (Å²) in [5.41, 5.74) is 1.28. The first-order valence-corrected chi connectivity index (χ1v) is 9.10. The molecule has 2 aromatic carbocycles. The lowest BCUT2D eigenvalue weighted by molar-refractivity contribution is -0.274. The van der Waals surface area contributed by atoms with Gasteiger partial charge in [0.25, 0.3) is 0 Å². The monoisotopic (exact) mass is 493 g/mol. The predicted octanol–water partition coefficient (Wildman–Crippen LogP) is 6.38. The molecule has 3 aromatic rings. The van der Waals surface area contributed by atoms with E-state index in [0.29, 0.717) is 17.7 Å². The van der Waals surface area contributed by atoms with Gasteiger partial charge in [0.2, 0.25) is 5.95 Å². The normalized spacial score (nSPS) is 12.1. The van der Waals surface area contributed by atoms with E-state index in [-0.39, 0.29) is 22.6 Å². The zero-order valence-corrected chi connectivity index (χ0v) is 16.7. The van der Waals surface area contributed by atoms with Gasteiger partial charge in [-0.3, -0.25) is 0 Å². The third-order valence-corrected chi connectivity index (χ3v) is 3.92. The van der Waals surface area contributed by atoms with Gasteiger partial charge in [0.15, 0.2) is 0 Å². The first kappa shape index (κ1) is 24.0. The zero-order chi connectivity index (χ0) is 24.2. The fourth-order valence-corrected chi connectivity index (χ4v) is 2.60. The fraction of sp³-hybridized carbons (Fsp3) is 0.105. The predicted molar refractivity (Wildman–Crippen MR) is 106 cm³/mol. The van der Waals surface area contributed by atoms with E-state index in [1.54, 1.807) is 0 Å². The van der Waals surface area contributed by atoms with Gasteiger partial charge in [0, 0.05) is 11.8 Å². The largest absolute Gasteiger partial charge is 0.573 e. The number of rotatable bonds is 6. The zero-order valence-electron chi connectivity index (χ0n) is 16.0. The van der Waals surface area contributed by atoms with Crippen molar-refractivity contribution in [1.29, 1.82) is 0 Å². The van der Waals surface area contributed by atoms with Gasteiger partial charge in [-0.1, -0.05) is 11.6 Å². The minimum atomic E-state index is -4.89. The second-order valence-electron chi connectivity index (χ2n) is 6.20. The molecule has 14 heteroatoms. The van der Waals surface area contributed by atoms with Crippen molar-refractivity contribution in [2.75, 3.05) is 10.7 Å². The molecule has 0 bridgehead atoms. The standard InChI is InChI=1S/C19H11ClF7N5O/c20-15-8-16(29-11-3-6-14(21)13(7-11)18(22,23)24)31-17(30-15)32-28-9-10-1-4-12(5-2-10)33-19(25,26)27/h1-9H,(H2,29,30,31,32). The molecule has 1 aromatic heterocycles. The third-order valence-electron chi connectivity index (χ3n) is 3.73. The summed E-state index contributed by atoms with van der Waals surface area (Å²) in [6.45, 7) is 0. The second kappa shape index (κ2) is 9.48. The van der Waals surface area contributed by atoms with E-state index >= 15 is 0 Å². The number of nitrogens with zero attached hydrogens (tertiary/aromatic N) is 3. The van der Waals surface area contributed by atoms with Crippen LogP contribution in [0.1, 0.15) is 11.1 Å². The van der Waals surface area contributed by atoms with Crippen LogP contribution >= 0.6 is 11.6 Å². The highest BCUT2D eigenvalue weighted by molar-refractivity contribution is 6.29. The van der Waals surface area contributed by atoms with Crippen molar-refractivity contribution >= 4 is 35.3 Å². The maximum Gasteiger partial charge on any atom is 0.573 e. The SMILES string of the molecule is Fc1ccc(Nc2cc(Cl)nc(NN=Cc3ccc(OC(F)(F)F)cc3)n2)cc1C(F)(F)F. The Hall–Kier alpha value is -3.61. The van der Waals surface area contributed by atoms with Gasteiger partial charge < -0.3 is 10.1 Å². The van der Waals surface area contributed by atoms with Crippen LogP contribution in [0.5, 0.6) is 5.75 Å². The smallest absolute Gasteiger partial charge is 0.406 e. The molecular weight excluding hydrogens is 483 g/mol. The number of hydrazone groups is 1. The van der Waals surface area contributed by atoms with Crippen LogP contribution in [0.2, 0.25) is 5.15 Å². The number of hydrogen-bond donors (Lipinski definition) is 2. The Morgan fingerprint density at radius 1 is 0.939 bits per heavy atom. The lowest BCUT2D eigenvalue weighted by atomic mass is 10.2. The lowest BCUT2D eigenvalue weighted by Gasteiger charge is -2.12. The van der Waals surface area contributed by atoms with Crippen molar-refractivity contribution in [1.82, 2.24) is 9.97 Å². The summed E-state index contributed by atoms with van der Waals surface area (Å²) in [5.74, 6) is -1.99. The number of nitrogens with one attached hydrogen (secondary N) is 2. The molecule has 0 fully saturated rings. The maximum atomic E-state index is 13.4. The Morgan fingerprint density at radius 3 is 2.27 bits per heavy atom. The molecule has 0 radical (unpaired) electrons. The fourth-order valence-electron chi connectivity index (χ4n) is 2.42. The number of alkyl halides is 6. The minimum Gasteiger partial charge on any atom is -0.406 e. The number of benzene rings is 2. The topological polar surface area (TPSA) is 71.4 Å². The number of anilines is 3. The van der Waals surface area contributed by atoms with Gasteiger partial charge in [0.1, 0.15) is 22.5 Å². The van der Waals surface area contributed by atoms with Crippen molar-refractivity contribution in [3.8, 4) is 5.75 Å². The molecular formula is C19H11ClF7N5O. The van der Waals surface area contributed by atoms with Crippen molar-refractivity contribution in [2.24, 2.45) is 5.10 Å². The van der Waals surface area contributed by atoms with E-state index < -0.39 is 29.7 Å². The summed E-state index contributed by atoms with van der Waals surface area (Å²) >= 11 is 5.88. The Labute approximate surface area is 186 Å². The molecule has 0 unspecified atom stereocenters. The summed E-state index contributed by atoms with van der Waals surface area (Å²) < 4.78 is 92.3. The van der Waals surface area contributed by atoms with Gasteiger partial charge >= 0.3 is 12.5 Å². The summed E-state index contributed by atoms with van der Waals surface area (Å²) in [4.78, 5) is 7.81. The third kappa shape index (κ3) is 7.20. The molecule has 0 spiro atoms. The molecule has 0 saturated carbocycles. The van der Waals surface area contributed by atoms with Crippen LogP contribution in [0.3, 0.4) is 0 Å². The van der Waals surface area contributed by atoms with Crippen LogP contribution in [0.4, 0.5) is 48.2 Å². The van der Waals surface area contributed by atoms with Crippen LogP contribution in [-0.4, -0.2) is 22.5 Å². The average molecular weight is 494 g/mol. The highest BCUT2D eigenvalue weighted by Crippen LogP contribution is 2.33. The van der Waals surface area contributed by atoms with Gasteiger partial charge in [0.05, 0.1) is 11.8 Å². The van der Waals surface area contributed by atoms with Crippen molar-refractivity contribution in [3.63, 3.8) is 0 Å². The summed E-state index contributed by atoms with van der Waals surface area (Å²) in [7, 11) is 0. The molecule has 6 nitrogen and oxygen atoms in total. The highest BCUT2D eigenvalue weighted by Gasteiger charge is 2.34. The molecule has 33 heavy (non-hydrogen) atoms. The number of hydrogen-bond acceptors (Lipinski definition) is 6. The van der Waals surface area contributed by atoms with Crippen LogP contribution in [0, 0.1) is 5.82 Å². The molecule has 0 amide bonds. The Morgan fingerprint density at radius 2 is 1.64 bits per heavy atom. The van der Waals surface area contributed by atoms with Gasteiger partial charge in [-0.25, -0.2) is 9.82 Å². The van der Waals surface area contributed by atoms with Gasteiger partial charge in [-0.05, 0) is 48.0 Å². The van der Waals surface area contributed by atoms with Crippen LogP contribution in [-0.2, 0) is 6.18 Å². The molecule has 0 saturated heterocycles. The molecule has 0 aliphatic carbocycles. The summed E-state index contributed by atoms with van der Waals surface area (Å²) in [6.07, 6.45) is -8.46. The molecule has 0 aliphatic heterocycles. The second-order valence-corrected chi connectivity index (χ2v) is 6.59. The van der Waals surface area contributed by atoms with Gasteiger partial charge in [-0.2, -0.15) is 28.2 Å². The summed E-state index contributed by atoms with van der Waals surface area (Å²) in [6, 6.07) is 8.32. The van der Waals surface area contributed by atoms with Crippen LogP contribution in [0.25, 0.3) is 0 Å². The highest BCUT2D eigenvalue weighted by atomic mass is 35.5.